The zero-order valence-electron chi connectivity index (χ0n) is 19.9. The first-order chi connectivity index (χ1) is 17.6. The average molecular weight is 475 g/mol. The number of hydrogen-bond acceptors (Lipinski definition) is 4. The number of H-pyrrole nitrogens is 2. The number of benzene rings is 1. The number of phenols is 1. The third kappa shape index (κ3) is 5.45. The molecule has 0 amide bonds. The van der Waals surface area contributed by atoms with Crippen LogP contribution in [0.2, 0.25) is 0 Å². The van der Waals surface area contributed by atoms with Gasteiger partial charge in [0.1, 0.15) is 0 Å². The van der Waals surface area contributed by atoms with Gasteiger partial charge in [-0.3, -0.25) is 0 Å². The summed E-state index contributed by atoms with van der Waals surface area (Å²) >= 11 is 0. The number of aromatic nitrogens is 4. The number of allylic oxidation sites excluding steroid dienone is 1. The number of phenolic OH excluding ortho intramolecular Hbond substituents is 1. The van der Waals surface area contributed by atoms with Gasteiger partial charge in [-0.15, -0.1) is 6.58 Å². The van der Waals surface area contributed by atoms with Crippen molar-refractivity contribution >= 4 is 46.4 Å². The van der Waals surface area contributed by atoms with Crippen LogP contribution in [0.5, 0.6) is 11.5 Å². The maximum Gasteiger partial charge on any atom is 0.160 e. The van der Waals surface area contributed by atoms with E-state index in [1.807, 2.05) is 54.6 Å². The molecule has 5 heterocycles. The minimum absolute atomic E-state index is 0.172. The highest BCUT2D eigenvalue weighted by Gasteiger charge is 2.02. The monoisotopic (exact) mass is 474 g/mol. The number of rotatable bonds is 3. The van der Waals surface area contributed by atoms with Gasteiger partial charge in [0.2, 0.25) is 0 Å². The average Bonchev–Trinajstić information content (AvgIpc) is 3.67. The molecule has 6 heteroatoms. The third-order valence-corrected chi connectivity index (χ3v) is 5.67. The molecule has 2 aliphatic rings. The third-order valence-electron chi connectivity index (χ3n) is 5.67. The van der Waals surface area contributed by atoms with Gasteiger partial charge in [0.25, 0.3) is 0 Å². The van der Waals surface area contributed by atoms with E-state index in [1.54, 1.807) is 12.1 Å². The van der Waals surface area contributed by atoms with Gasteiger partial charge in [-0.1, -0.05) is 12.1 Å². The second-order valence-corrected chi connectivity index (χ2v) is 8.40. The molecule has 8 bridgehead atoms. The van der Waals surface area contributed by atoms with Gasteiger partial charge in [0.15, 0.2) is 11.5 Å². The number of nitrogens with one attached hydrogen (secondary N) is 2. The molecule has 0 atom stereocenters. The van der Waals surface area contributed by atoms with E-state index in [4.69, 9.17) is 4.74 Å². The molecule has 0 unspecified atom stereocenters. The molecule has 0 fully saturated rings. The quantitative estimate of drug-likeness (QED) is 0.247. The van der Waals surface area contributed by atoms with Crippen molar-refractivity contribution in [3.63, 3.8) is 0 Å². The van der Waals surface area contributed by atoms with Gasteiger partial charge in [0, 0.05) is 22.1 Å². The van der Waals surface area contributed by atoms with E-state index in [1.165, 1.54) is 7.11 Å². The first-order valence-corrected chi connectivity index (χ1v) is 11.6. The highest BCUT2D eigenvalue weighted by molar-refractivity contribution is 5.77. The lowest BCUT2D eigenvalue weighted by molar-refractivity contribution is 0.373. The molecule has 0 saturated heterocycles. The maximum atomic E-state index is 9.25. The summed E-state index contributed by atoms with van der Waals surface area (Å²) in [5, 5.41) is 9.25. The van der Waals surface area contributed by atoms with Crippen LogP contribution in [0.15, 0.2) is 79.4 Å². The second-order valence-electron chi connectivity index (χ2n) is 8.40. The summed E-state index contributed by atoms with van der Waals surface area (Å²) in [5.74, 6) is 0.680. The van der Waals surface area contributed by atoms with Crippen molar-refractivity contribution in [1.29, 1.82) is 0 Å². The SMILES string of the molecule is C1=Cc2cc3ccc(cc4ccc(cc5nc(cc1n2)C=C5)[nH]4)[nH]3.C=CCc1ccc(O)c(OC)c1. The Hall–Kier alpha value is -4.84. The highest BCUT2D eigenvalue weighted by Crippen LogP contribution is 2.26. The number of aromatic amines is 2. The molecule has 178 valence electrons. The van der Waals surface area contributed by atoms with Crippen LogP contribution in [-0.4, -0.2) is 32.2 Å². The summed E-state index contributed by atoms with van der Waals surface area (Å²) in [6.45, 7) is 3.63. The Morgan fingerprint density at radius 3 is 1.72 bits per heavy atom. The minimum atomic E-state index is 0.172. The molecule has 0 spiro atoms. The predicted molar refractivity (Wildman–Crippen MR) is 147 cm³/mol. The number of methoxy groups -OCH3 is 1. The van der Waals surface area contributed by atoms with E-state index in [-0.39, 0.29) is 5.75 Å². The maximum absolute atomic E-state index is 9.25. The molecule has 1 aromatic carbocycles. The molecule has 6 rings (SSSR count). The van der Waals surface area contributed by atoms with Crippen LogP contribution in [0.25, 0.3) is 46.4 Å². The van der Waals surface area contributed by atoms with Crippen molar-refractivity contribution < 1.29 is 9.84 Å². The Kier molecular flexibility index (Phi) is 6.49. The number of fused-ring (bicyclic) bond motifs is 8. The summed E-state index contributed by atoms with van der Waals surface area (Å²) in [6.07, 6.45) is 10.6. The first-order valence-electron chi connectivity index (χ1n) is 11.6. The predicted octanol–water partition coefficient (Wildman–Crippen LogP) is 6.78. The van der Waals surface area contributed by atoms with Gasteiger partial charge in [-0.25, -0.2) is 9.97 Å². The largest absolute Gasteiger partial charge is 0.504 e. The Balaban J connectivity index is 0.000000189. The fourth-order valence-electron chi connectivity index (χ4n) is 3.96. The van der Waals surface area contributed by atoms with Gasteiger partial charge in [0.05, 0.1) is 29.9 Å². The van der Waals surface area contributed by atoms with E-state index in [0.717, 1.165) is 56.8 Å². The van der Waals surface area contributed by atoms with E-state index < -0.39 is 0 Å². The molecule has 3 N–H and O–H groups in total. The second kappa shape index (κ2) is 10.2. The molecular weight excluding hydrogens is 448 g/mol. The van der Waals surface area contributed by atoms with Crippen molar-refractivity contribution in [2.45, 2.75) is 6.42 Å². The van der Waals surface area contributed by atoms with Crippen molar-refractivity contribution in [2.24, 2.45) is 0 Å². The van der Waals surface area contributed by atoms with Gasteiger partial charge >= 0.3 is 0 Å². The minimum Gasteiger partial charge on any atom is -0.504 e. The lowest BCUT2D eigenvalue weighted by Crippen LogP contribution is -1.86. The zero-order chi connectivity index (χ0) is 24.9. The van der Waals surface area contributed by atoms with Gasteiger partial charge in [-0.2, -0.15) is 0 Å². The standard InChI is InChI=1S/C20H14N4.C10H12O2/c1-2-14-10-16-5-6-18(23-16)12-20-8-7-19(24-20)11-17-4-3-15(22-17)9-13(1)21-14;1-3-4-8-5-6-9(11)10(7-8)12-2/h1-12,21-22H;3,5-7,11H,1,4H2,2H3. The number of aromatic hydroxyl groups is 1. The van der Waals surface area contributed by atoms with Crippen LogP contribution in [0, 0.1) is 0 Å². The molecule has 4 aromatic rings. The Bertz CT molecular complexity index is 1550. The molecular formula is C30H26N4O2. The van der Waals surface area contributed by atoms with Gasteiger partial charge < -0.3 is 19.8 Å². The zero-order valence-corrected chi connectivity index (χ0v) is 19.9. The van der Waals surface area contributed by atoms with Gasteiger partial charge in [-0.05, 0) is 97.0 Å². The number of nitrogens with zero attached hydrogens (tertiary/aromatic N) is 2. The lowest BCUT2D eigenvalue weighted by Gasteiger charge is -2.04. The topological polar surface area (TPSA) is 86.8 Å². The van der Waals surface area contributed by atoms with Crippen molar-refractivity contribution in [2.75, 3.05) is 7.11 Å². The normalized spacial score (nSPS) is 11.6. The lowest BCUT2D eigenvalue weighted by atomic mass is 10.1. The van der Waals surface area contributed by atoms with Crippen LogP contribution in [0.3, 0.4) is 0 Å². The number of hydrogen-bond donors (Lipinski definition) is 3. The van der Waals surface area contributed by atoms with Crippen molar-refractivity contribution in [3.8, 4) is 11.5 Å². The molecule has 36 heavy (non-hydrogen) atoms. The summed E-state index contributed by atoms with van der Waals surface area (Å²) in [6, 6.07) is 21.7. The smallest absolute Gasteiger partial charge is 0.160 e. The molecule has 6 nitrogen and oxygen atoms in total. The van der Waals surface area contributed by atoms with Crippen molar-refractivity contribution in [3.05, 3.63) is 108 Å². The van der Waals surface area contributed by atoms with Crippen LogP contribution >= 0.6 is 0 Å². The van der Waals surface area contributed by atoms with Crippen LogP contribution in [-0.2, 0) is 6.42 Å². The highest BCUT2D eigenvalue weighted by atomic mass is 16.5. The van der Waals surface area contributed by atoms with E-state index in [0.29, 0.717) is 5.75 Å². The van der Waals surface area contributed by atoms with E-state index >= 15 is 0 Å². The molecule has 3 aromatic heterocycles. The fourth-order valence-corrected chi connectivity index (χ4v) is 3.96. The van der Waals surface area contributed by atoms with E-state index in [9.17, 15) is 5.11 Å². The summed E-state index contributed by atoms with van der Waals surface area (Å²) in [7, 11) is 1.53. The Labute approximate surface area is 209 Å². The Morgan fingerprint density at radius 2 is 1.22 bits per heavy atom. The Morgan fingerprint density at radius 1 is 0.722 bits per heavy atom. The summed E-state index contributed by atoms with van der Waals surface area (Å²) in [5.41, 5.74) is 8.94. The van der Waals surface area contributed by atoms with Crippen molar-refractivity contribution in [1.82, 2.24) is 19.9 Å². The summed E-state index contributed by atoms with van der Waals surface area (Å²) < 4.78 is 4.95. The first kappa shape index (κ1) is 22.9. The molecule has 2 aliphatic heterocycles. The fraction of sp³-hybridized carbons (Fsp3) is 0.0667. The van der Waals surface area contributed by atoms with Crippen LogP contribution in [0.4, 0.5) is 0 Å². The van der Waals surface area contributed by atoms with Crippen LogP contribution in [0.1, 0.15) is 28.3 Å². The number of ether oxygens (including phenoxy) is 1. The molecule has 0 aliphatic carbocycles. The molecule has 0 saturated carbocycles. The molecule has 0 radical (unpaired) electrons. The van der Waals surface area contributed by atoms with Crippen LogP contribution < -0.4 is 4.74 Å². The summed E-state index contributed by atoms with van der Waals surface area (Å²) in [4.78, 5) is 16.0. The van der Waals surface area contributed by atoms with E-state index in [2.05, 4.69) is 56.8 Å².